The van der Waals surface area contributed by atoms with E-state index in [2.05, 4.69) is 21.2 Å². The highest BCUT2D eigenvalue weighted by Crippen LogP contribution is 2.43. The van der Waals surface area contributed by atoms with E-state index in [1.165, 1.54) is 0 Å². The molecule has 4 nitrogen and oxygen atoms in total. The topological polar surface area (TPSA) is 55.4 Å². The van der Waals surface area contributed by atoms with Crippen molar-refractivity contribution < 1.29 is 14.3 Å². The van der Waals surface area contributed by atoms with Crippen molar-refractivity contribution in [2.45, 2.75) is 63.9 Å². The number of Topliss-reactive ketones (excluding diaryl/α,β-unsaturated/α-hetero) is 1. The van der Waals surface area contributed by atoms with E-state index < -0.39 is 0 Å². The molecule has 1 aromatic rings. The Morgan fingerprint density at radius 2 is 1.81 bits per heavy atom. The lowest BCUT2D eigenvalue weighted by molar-refractivity contribution is -0.144. The van der Waals surface area contributed by atoms with Gasteiger partial charge in [-0.2, -0.15) is 0 Å². The standard InChI is InChI=1S/C22H24BrNO3/c1-13-19(22(26)27-16-5-2-3-6-16)20(14-9-11-15(23)12-10-14)21-17(24-13)7-4-8-18(21)25/h9-12,16,20,24H,2-8H2,1H3. The lowest BCUT2D eigenvalue weighted by atomic mass is 9.75. The maximum Gasteiger partial charge on any atom is 0.337 e. The normalized spacial score (nSPS) is 23.3. The van der Waals surface area contributed by atoms with Gasteiger partial charge in [-0.3, -0.25) is 4.79 Å². The summed E-state index contributed by atoms with van der Waals surface area (Å²) in [5.74, 6) is -0.504. The quantitative estimate of drug-likeness (QED) is 0.693. The molecule has 0 spiro atoms. The Morgan fingerprint density at radius 1 is 1.11 bits per heavy atom. The number of benzene rings is 1. The van der Waals surface area contributed by atoms with Crippen LogP contribution in [-0.2, 0) is 14.3 Å². The Kier molecular flexibility index (Phi) is 5.22. The summed E-state index contributed by atoms with van der Waals surface area (Å²) in [7, 11) is 0. The largest absolute Gasteiger partial charge is 0.459 e. The van der Waals surface area contributed by atoms with E-state index in [4.69, 9.17) is 4.74 Å². The fourth-order valence-corrected chi connectivity index (χ4v) is 4.73. The van der Waals surface area contributed by atoms with Gasteiger partial charge < -0.3 is 10.1 Å². The summed E-state index contributed by atoms with van der Waals surface area (Å²) in [6.07, 6.45) is 6.32. The van der Waals surface area contributed by atoms with E-state index in [0.29, 0.717) is 12.0 Å². The maximum atomic E-state index is 13.1. The number of hydrogen-bond acceptors (Lipinski definition) is 4. The van der Waals surface area contributed by atoms with Crippen LogP contribution in [0, 0.1) is 0 Å². The fraction of sp³-hybridized carbons (Fsp3) is 0.455. The van der Waals surface area contributed by atoms with Crippen molar-refractivity contribution >= 4 is 27.7 Å². The number of hydrogen-bond donors (Lipinski definition) is 1. The van der Waals surface area contributed by atoms with E-state index in [1.54, 1.807) is 0 Å². The van der Waals surface area contributed by atoms with Gasteiger partial charge in [-0.1, -0.05) is 28.1 Å². The van der Waals surface area contributed by atoms with Crippen molar-refractivity contribution in [1.29, 1.82) is 0 Å². The van der Waals surface area contributed by atoms with Crippen LogP contribution in [0.2, 0.25) is 0 Å². The first kappa shape index (κ1) is 18.5. The number of dihydropyridines is 1. The van der Waals surface area contributed by atoms with Crippen LogP contribution in [0.1, 0.15) is 63.4 Å². The molecule has 1 N–H and O–H groups in total. The molecule has 5 heteroatoms. The number of esters is 1. The molecule has 1 atom stereocenters. The van der Waals surface area contributed by atoms with Crippen LogP contribution in [0.5, 0.6) is 0 Å². The first-order valence-electron chi connectivity index (χ1n) is 9.75. The molecule has 0 radical (unpaired) electrons. The molecule has 142 valence electrons. The molecular formula is C22H24BrNO3. The number of carbonyl (C=O) groups is 2. The maximum absolute atomic E-state index is 13.1. The first-order valence-corrected chi connectivity index (χ1v) is 10.5. The highest BCUT2D eigenvalue weighted by Gasteiger charge is 2.39. The molecule has 3 aliphatic rings. The molecular weight excluding hydrogens is 406 g/mol. The lowest BCUT2D eigenvalue weighted by Gasteiger charge is -2.34. The third kappa shape index (κ3) is 3.62. The second kappa shape index (κ2) is 7.63. The Labute approximate surface area is 168 Å². The average Bonchev–Trinajstić information content (AvgIpc) is 3.14. The highest BCUT2D eigenvalue weighted by molar-refractivity contribution is 9.10. The lowest BCUT2D eigenvalue weighted by Crippen LogP contribution is -2.35. The second-order valence-corrected chi connectivity index (χ2v) is 8.54. The number of nitrogens with one attached hydrogen (secondary N) is 1. The van der Waals surface area contributed by atoms with E-state index >= 15 is 0 Å². The SMILES string of the molecule is CC1=C(C(=O)OC2CCCC2)C(c2ccc(Br)cc2)C2=C(CCCC2=O)N1. The van der Waals surface area contributed by atoms with Gasteiger partial charge in [0, 0.05) is 33.8 Å². The van der Waals surface area contributed by atoms with Gasteiger partial charge in [-0.15, -0.1) is 0 Å². The van der Waals surface area contributed by atoms with Gasteiger partial charge in [-0.25, -0.2) is 4.79 Å². The van der Waals surface area contributed by atoms with E-state index in [1.807, 2.05) is 31.2 Å². The third-order valence-electron chi connectivity index (χ3n) is 5.78. The minimum Gasteiger partial charge on any atom is -0.459 e. The monoisotopic (exact) mass is 429 g/mol. The molecule has 0 saturated heterocycles. The molecule has 1 aliphatic heterocycles. The molecule has 0 amide bonds. The summed E-state index contributed by atoms with van der Waals surface area (Å²) in [6, 6.07) is 7.89. The summed E-state index contributed by atoms with van der Waals surface area (Å²) >= 11 is 3.47. The number of ketones is 1. The van der Waals surface area contributed by atoms with Gasteiger partial charge in [0.2, 0.25) is 0 Å². The second-order valence-electron chi connectivity index (χ2n) is 7.63. The van der Waals surface area contributed by atoms with Crippen LogP contribution in [0.15, 0.2) is 51.3 Å². The summed E-state index contributed by atoms with van der Waals surface area (Å²) < 4.78 is 6.80. The molecule has 1 heterocycles. The molecule has 4 rings (SSSR count). The van der Waals surface area contributed by atoms with Crippen molar-refractivity contribution in [3.8, 4) is 0 Å². The molecule has 0 bridgehead atoms. The summed E-state index contributed by atoms with van der Waals surface area (Å²) in [6.45, 7) is 1.92. The minimum atomic E-state index is -0.351. The number of halogens is 1. The molecule has 1 unspecified atom stereocenters. The van der Waals surface area contributed by atoms with Crippen molar-refractivity contribution in [3.63, 3.8) is 0 Å². The van der Waals surface area contributed by atoms with E-state index in [0.717, 1.165) is 65.5 Å². The molecule has 1 fully saturated rings. The summed E-state index contributed by atoms with van der Waals surface area (Å²) in [5, 5.41) is 3.34. The van der Waals surface area contributed by atoms with Crippen LogP contribution >= 0.6 is 15.9 Å². The van der Waals surface area contributed by atoms with Gasteiger partial charge >= 0.3 is 5.97 Å². The van der Waals surface area contributed by atoms with E-state index in [9.17, 15) is 9.59 Å². The minimum absolute atomic E-state index is 0.000742. The fourth-order valence-electron chi connectivity index (χ4n) is 4.46. The zero-order valence-corrected chi connectivity index (χ0v) is 17.1. The van der Waals surface area contributed by atoms with Crippen LogP contribution in [-0.4, -0.2) is 17.9 Å². The summed E-state index contributed by atoms with van der Waals surface area (Å²) in [4.78, 5) is 25.9. The predicted octanol–water partition coefficient (Wildman–Crippen LogP) is 4.90. The van der Waals surface area contributed by atoms with Crippen LogP contribution in [0.25, 0.3) is 0 Å². The molecule has 2 aliphatic carbocycles. The zero-order valence-electron chi connectivity index (χ0n) is 15.5. The van der Waals surface area contributed by atoms with Gasteiger partial charge in [0.05, 0.1) is 5.57 Å². The number of ether oxygens (including phenoxy) is 1. The first-order chi connectivity index (χ1) is 13.0. The Bertz CT molecular complexity index is 832. The molecule has 0 aromatic heterocycles. The highest BCUT2D eigenvalue weighted by atomic mass is 79.9. The smallest absolute Gasteiger partial charge is 0.337 e. The number of carbonyl (C=O) groups excluding carboxylic acids is 2. The van der Waals surface area contributed by atoms with Crippen LogP contribution < -0.4 is 5.32 Å². The van der Waals surface area contributed by atoms with Crippen LogP contribution in [0.4, 0.5) is 0 Å². The van der Waals surface area contributed by atoms with Crippen LogP contribution in [0.3, 0.4) is 0 Å². The van der Waals surface area contributed by atoms with Crippen molar-refractivity contribution in [2.24, 2.45) is 0 Å². The van der Waals surface area contributed by atoms with Gasteiger partial charge in [-0.05, 0) is 63.1 Å². The molecule has 1 saturated carbocycles. The molecule has 27 heavy (non-hydrogen) atoms. The average molecular weight is 430 g/mol. The predicted molar refractivity (Wildman–Crippen MR) is 107 cm³/mol. The van der Waals surface area contributed by atoms with Crippen molar-refractivity contribution in [2.75, 3.05) is 0 Å². The number of allylic oxidation sites excluding steroid dienone is 3. The van der Waals surface area contributed by atoms with Gasteiger partial charge in [0.15, 0.2) is 5.78 Å². The van der Waals surface area contributed by atoms with Crippen molar-refractivity contribution in [1.82, 2.24) is 5.32 Å². The van der Waals surface area contributed by atoms with Gasteiger partial charge in [0.1, 0.15) is 6.10 Å². The van der Waals surface area contributed by atoms with E-state index in [-0.39, 0.29) is 23.8 Å². The zero-order chi connectivity index (χ0) is 19.0. The Morgan fingerprint density at radius 3 is 2.52 bits per heavy atom. The molecule has 1 aromatic carbocycles. The number of rotatable bonds is 3. The Hall–Kier alpha value is -1.88. The third-order valence-corrected chi connectivity index (χ3v) is 6.30. The van der Waals surface area contributed by atoms with Crippen molar-refractivity contribution in [3.05, 3.63) is 56.8 Å². The Balaban J connectivity index is 1.75. The van der Waals surface area contributed by atoms with Gasteiger partial charge in [0.25, 0.3) is 0 Å². The summed E-state index contributed by atoms with van der Waals surface area (Å²) in [5.41, 5.74) is 4.05.